The number of fused-ring (bicyclic) bond motifs is 1. The number of thiazole rings is 1. The lowest BCUT2D eigenvalue weighted by molar-refractivity contribution is 0.249. The van der Waals surface area contributed by atoms with Crippen LogP contribution in [0.1, 0.15) is 5.56 Å². The minimum Gasteiger partial charge on any atom is -0.458 e. The highest BCUT2D eigenvalue weighted by atomic mass is 35.5. The Bertz CT molecular complexity index is 674. The van der Waals surface area contributed by atoms with Crippen molar-refractivity contribution in [2.45, 2.75) is 6.54 Å². The number of ether oxygens (including phenoxy) is 2. The van der Waals surface area contributed by atoms with Crippen LogP contribution in [0.2, 0.25) is 0 Å². The molecule has 2 aliphatic heterocycles. The van der Waals surface area contributed by atoms with Crippen LogP contribution < -0.4 is 14.4 Å². The Labute approximate surface area is 157 Å². The van der Waals surface area contributed by atoms with Crippen LogP contribution in [0.25, 0.3) is 0 Å². The van der Waals surface area contributed by atoms with Gasteiger partial charge in [0.15, 0.2) is 16.6 Å². The Hall–Kier alpha value is -1.47. The lowest BCUT2D eigenvalue weighted by Gasteiger charge is -2.34. The molecule has 0 amide bonds. The van der Waals surface area contributed by atoms with Gasteiger partial charge in [-0.15, -0.1) is 36.2 Å². The molecule has 0 aliphatic carbocycles. The summed E-state index contributed by atoms with van der Waals surface area (Å²) >= 11 is 1.71. The molecule has 0 radical (unpaired) electrons. The minimum atomic E-state index is 0. The van der Waals surface area contributed by atoms with Gasteiger partial charge in [0, 0.05) is 44.3 Å². The third-order valence-electron chi connectivity index (χ3n) is 3.92. The summed E-state index contributed by atoms with van der Waals surface area (Å²) < 4.78 is 10.9. The molecule has 1 saturated heterocycles. The maximum absolute atomic E-state index is 5.48. The summed E-state index contributed by atoms with van der Waals surface area (Å²) in [7, 11) is 0. The zero-order valence-corrected chi connectivity index (χ0v) is 15.4. The van der Waals surface area contributed by atoms with Gasteiger partial charge in [0.2, 0.25) is 0 Å². The zero-order valence-electron chi connectivity index (χ0n) is 13.0. The van der Waals surface area contributed by atoms with Gasteiger partial charge in [0.25, 0.3) is 0 Å². The summed E-state index contributed by atoms with van der Waals surface area (Å²) in [6, 6.07) is 6.14. The van der Waals surface area contributed by atoms with Crippen molar-refractivity contribution >= 4 is 41.3 Å². The molecule has 1 aromatic carbocycles. The van der Waals surface area contributed by atoms with Gasteiger partial charge < -0.3 is 14.4 Å². The molecular formula is C16H19Cl2N3O2S. The monoisotopic (exact) mass is 387 g/mol. The predicted octanol–water partition coefficient (Wildman–Crippen LogP) is 3.55. The van der Waals surface area contributed by atoms with Gasteiger partial charge in [0.05, 0.1) is 0 Å². The molecule has 8 heteroatoms. The fourth-order valence-corrected chi connectivity index (χ4v) is 3.47. The summed E-state index contributed by atoms with van der Waals surface area (Å²) in [5, 5.41) is 3.16. The molecular weight excluding hydrogens is 369 g/mol. The Balaban J connectivity index is 0.00000104. The molecule has 130 valence electrons. The fraction of sp³-hybridized carbons (Fsp3) is 0.312. The van der Waals surface area contributed by atoms with E-state index in [1.807, 2.05) is 17.6 Å². The third-order valence-corrected chi connectivity index (χ3v) is 4.75. The summed E-state index contributed by atoms with van der Waals surface area (Å²) in [4.78, 5) is 9.21. The standard InChI is InChI=1S/C16H17N3O2S.2ClH/c1-2-14-15(21-9-8-20-14)11-13(1)12-18-4-6-19(7-5-18)16-17-3-10-22-16;;/h1-3,8-11H,4-7,12H2;2*1H. The molecule has 2 aromatic rings. The van der Waals surface area contributed by atoms with E-state index in [4.69, 9.17) is 9.47 Å². The Morgan fingerprint density at radius 3 is 2.46 bits per heavy atom. The number of hydrogen-bond donors (Lipinski definition) is 0. The van der Waals surface area contributed by atoms with E-state index in [1.165, 1.54) is 5.56 Å². The van der Waals surface area contributed by atoms with Crippen LogP contribution in [0.15, 0.2) is 42.3 Å². The Morgan fingerprint density at radius 1 is 1.00 bits per heavy atom. The molecule has 2 aliphatic rings. The van der Waals surface area contributed by atoms with Crippen LogP contribution in [0.5, 0.6) is 11.5 Å². The SMILES string of the molecule is C1=COc2cc(CN3CCN(c4nccs4)CC3)ccc2O1.Cl.Cl. The molecule has 0 saturated carbocycles. The summed E-state index contributed by atoms with van der Waals surface area (Å²) in [5.74, 6) is 1.57. The van der Waals surface area contributed by atoms with E-state index in [0.717, 1.165) is 49.4 Å². The molecule has 0 N–H and O–H groups in total. The van der Waals surface area contributed by atoms with Gasteiger partial charge in [-0.25, -0.2) is 4.98 Å². The molecule has 4 rings (SSSR count). The van der Waals surface area contributed by atoms with Crippen molar-refractivity contribution in [2.75, 3.05) is 31.1 Å². The maximum Gasteiger partial charge on any atom is 0.185 e. The predicted molar refractivity (Wildman–Crippen MR) is 101 cm³/mol. The van der Waals surface area contributed by atoms with E-state index < -0.39 is 0 Å². The molecule has 0 spiro atoms. The van der Waals surface area contributed by atoms with Crippen molar-refractivity contribution in [3.05, 3.63) is 47.9 Å². The van der Waals surface area contributed by atoms with E-state index in [9.17, 15) is 0 Å². The van der Waals surface area contributed by atoms with Crippen molar-refractivity contribution in [3.8, 4) is 11.5 Å². The van der Waals surface area contributed by atoms with Crippen LogP contribution in [0.4, 0.5) is 5.13 Å². The molecule has 0 atom stereocenters. The molecule has 1 fully saturated rings. The van der Waals surface area contributed by atoms with Crippen LogP contribution in [0.3, 0.4) is 0 Å². The number of rotatable bonds is 3. The first kappa shape index (κ1) is 18.9. The summed E-state index contributed by atoms with van der Waals surface area (Å²) in [5.41, 5.74) is 1.25. The van der Waals surface area contributed by atoms with Gasteiger partial charge in [-0.3, -0.25) is 4.90 Å². The van der Waals surface area contributed by atoms with Crippen molar-refractivity contribution in [1.29, 1.82) is 0 Å². The van der Waals surface area contributed by atoms with E-state index in [2.05, 4.69) is 26.9 Å². The van der Waals surface area contributed by atoms with E-state index in [-0.39, 0.29) is 24.8 Å². The molecule has 24 heavy (non-hydrogen) atoms. The highest BCUT2D eigenvalue weighted by Gasteiger charge is 2.19. The van der Waals surface area contributed by atoms with Gasteiger partial charge in [-0.05, 0) is 17.7 Å². The van der Waals surface area contributed by atoms with Crippen molar-refractivity contribution in [1.82, 2.24) is 9.88 Å². The largest absolute Gasteiger partial charge is 0.458 e. The zero-order chi connectivity index (χ0) is 14.8. The molecule has 5 nitrogen and oxygen atoms in total. The molecule has 0 unspecified atom stereocenters. The Kier molecular flexibility index (Phi) is 6.74. The summed E-state index contributed by atoms with van der Waals surface area (Å²) in [6.45, 7) is 5.09. The van der Waals surface area contributed by atoms with Gasteiger partial charge >= 0.3 is 0 Å². The van der Waals surface area contributed by atoms with Crippen LogP contribution in [-0.4, -0.2) is 36.1 Å². The average molecular weight is 388 g/mol. The highest BCUT2D eigenvalue weighted by Crippen LogP contribution is 2.31. The number of aromatic nitrogens is 1. The number of halogens is 2. The normalized spacial score (nSPS) is 16.2. The minimum absolute atomic E-state index is 0. The van der Waals surface area contributed by atoms with Gasteiger partial charge in [-0.1, -0.05) is 6.07 Å². The van der Waals surface area contributed by atoms with E-state index >= 15 is 0 Å². The topological polar surface area (TPSA) is 37.8 Å². The number of nitrogens with zero attached hydrogens (tertiary/aromatic N) is 3. The number of anilines is 1. The first-order valence-corrected chi connectivity index (χ1v) is 8.24. The second kappa shape index (κ2) is 8.58. The van der Waals surface area contributed by atoms with Crippen LogP contribution in [0, 0.1) is 0 Å². The first-order chi connectivity index (χ1) is 10.9. The average Bonchev–Trinajstić information content (AvgIpc) is 3.10. The molecule has 0 bridgehead atoms. The Morgan fingerprint density at radius 2 is 1.75 bits per heavy atom. The highest BCUT2D eigenvalue weighted by molar-refractivity contribution is 7.13. The van der Waals surface area contributed by atoms with Crippen molar-refractivity contribution in [2.24, 2.45) is 0 Å². The van der Waals surface area contributed by atoms with E-state index in [0.29, 0.717) is 0 Å². The number of hydrogen-bond acceptors (Lipinski definition) is 6. The maximum atomic E-state index is 5.48. The third kappa shape index (κ3) is 4.13. The molecule has 3 heterocycles. The summed E-state index contributed by atoms with van der Waals surface area (Å²) in [6.07, 6.45) is 4.99. The number of piperazine rings is 1. The van der Waals surface area contributed by atoms with E-state index in [1.54, 1.807) is 23.9 Å². The van der Waals surface area contributed by atoms with Crippen molar-refractivity contribution < 1.29 is 9.47 Å². The first-order valence-electron chi connectivity index (χ1n) is 7.36. The second-order valence-corrected chi connectivity index (χ2v) is 6.24. The van der Waals surface area contributed by atoms with Gasteiger partial charge in [0.1, 0.15) is 12.5 Å². The van der Waals surface area contributed by atoms with Crippen LogP contribution in [-0.2, 0) is 6.54 Å². The fourth-order valence-electron chi connectivity index (χ4n) is 2.77. The van der Waals surface area contributed by atoms with Crippen LogP contribution >= 0.6 is 36.2 Å². The van der Waals surface area contributed by atoms with Gasteiger partial charge in [-0.2, -0.15) is 0 Å². The van der Waals surface area contributed by atoms with Crippen molar-refractivity contribution in [3.63, 3.8) is 0 Å². The second-order valence-electron chi connectivity index (χ2n) is 5.37. The quantitative estimate of drug-likeness (QED) is 0.804. The number of benzene rings is 1. The lowest BCUT2D eigenvalue weighted by Crippen LogP contribution is -2.45. The lowest BCUT2D eigenvalue weighted by atomic mass is 10.1. The smallest absolute Gasteiger partial charge is 0.185 e. The molecule has 1 aromatic heterocycles.